The fourth-order valence-electron chi connectivity index (χ4n) is 1.71. The summed E-state index contributed by atoms with van der Waals surface area (Å²) in [5.41, 5.74) is 7.15. The van der Waals surface area contributed by atoms with Crippen molar-refractivity contribution in [2.75, 3.05) is 17.2 Å². The van der Waals surface area contributed by atoms with E-state index in [1.54, 1.807) is 30.3 Å². The molecule has 0 heterocycles. The van der Waals surface area contributed by atoms with Crippen molar-refractivity contribution < 1.29 is 9.59 Å². The Balaban J connectivity index is 0.00000484. The van der Waals surface area contributed by atoms with Gasteiger partial charge >= 0.3 is 6.03 Å². The first-order valence-corrected chi connectivity index (χ1v) is 7.30. The van der Waals surface area contributed by atoms with Crippen molar-refractivity contribution in [3.8, 4) is 0 Å². The van der Waals surface area contributed by atoms with Gasteiger partial charge in [0.2, 0.25) is 5.91 Å². The highest BCUT2D eigenvalue weighted by Crippen LogP contribution is 2.15. The molecule has 3 amide bonds. The van der Waals surface area contributed by atoms with Crippen molar-refractivity contribution >= 4 is 35.7 Å². The Morgan fingerprint density at radius 3 is 2.22 bits per heavy atom. The number of nitrogens with one attached hydrogen (secondary N) is 3. The Labute approximate surface area is 143 Å². The lowest BCUT2D eigenvalue weighted by molar-refractivity contribution is -0.118. The number of urea groups is 1. The second-order valence-corrected chi connectivity index (χ2v) is 5.10. The molecule has 5 N–H and O–H groups in total. The van der Waals surface area contributed by atoms with Crippen LogP contribution in [0.3, 0.4) is 0 Å². The summed E-state index contributed by atoms with van der Waals surface area (Å²) < 4.78 is 0. The second-order valence-electron chi connectivity index (χ2n) is 5.10. The zero-order valence-electron chi connectivity index (χ0n) is 13.5. The molecule has 1 aromatic carbocycles. The predicted octanol–water partition coefficient (Wildman–Crippen LogP) is 2.73. The largest absolute Gasteiger partial charge is 0.334 e. The maximum atomic E-state index is 12.0. The van der Waals surface area contributed by atoms with E-state index < -0.39 is 6.04 Å². The van der Waals surface area contributed by atoms with E-state index in [1.165, 1.54) is 0 Å². The lowest BCUT2D eigenvalue weighted by Crippen LogP contribution is -2.40. The molecule has 23 heavy (non-hydrogen) atoms. The third-order valence-corrected chi connectivity index (χ3v) is 3.38. The third-order valence-electron chi connectivity index (χ3n) is 3.38. The number of carbonyl (C=O) groups is 2. The van der Waals surface area contributed by atoms with E-state index >= 15 is 0 Å². The Bertz CT molecular complexity index is 519. The molecule has 0 fully saturated rings. The molecule has 0 bridgehead atoms. The van der Waals surface area contributed by atoms with Crippen LogP contribution in [-0.4, -0.2) is 24.5 Å². The topological polar surface area (TPSA) is 96.2 Å². The van der Waals surface area contributed by atoms with E-state index in [-0.39, 0.29) is 30.3 Å². The van der Waals surface area contributed by atoms with Crippen molar-refractivity contribution in [1.82, 2.24) is 5.32 Å². The first-order chi connectivity index (χ1) is 10.5. The molecule has 1 aromatic rings. The fourth-order valence-corrected chi connectivity index (χ4v) is 1.71. The summed E-state index contributed by atoms with van der Waals surface area (Å²) in [6.07, 6.45) is 2.44. The number of halogens is 1. The first-order valence-electron chi connectivity index (χ1n) is 7.30. The molecule has 0 aliphatic rings. The van der Waals surface area contributed by atoms with Gasteiger partial charge in [0.25, 0.3) is 0 Å². The molecular formula is C16H25ClN4O2. The Kier molecular flexibility index (Phi) is 9.69. The van der Waals surface area contributed by atoms with Crippen LogP contribution in [0.4, 0.5) is 16.2 Å². The number of nitrogens with two attached hydrogens (primary N) is 1. The van der Waals surface area contributed by atoms with Gasteiger partial charge in [-0.05, 0) is 30.2 Å². The van der Waals surface area contributed by atoms with Crippen LogP contribution in [-0.2, 0) is 4.79 Å². The normalized spacial score (nSPS) is 12.3. The lowest BCUT2D eigenvalue weighted by atomic mass is 9.99. The van der Waals surface area contributed by atoms with E-state index in [2.05, 4.69) is 22.5 Å². The standard InChI is InChI=1S/C16H24N4O2.ClH/c1-4-10-18-16(22)20-13-8-6-12(7-9-13)19-15(21)14(17)11(3)5-2;/h4,6-9,11,14H,1,5,10,17H2,2-3H3,(H,19,21)(H2,18,20,22);1H. The molecule has 0 spiro atoms. The lowest BCUT2D eigenvalue weighted by Gasteiger charge is -2.17. The van der Waals surface area contributed by atoms with E-state index in [0.717, 1.165) is 6.42 Å². The van der Waals surface area contributed by atoms with E-state index in [4.69, 9.17) is 5.73 Å². The maximum Gasteiger partial charge on any atom is 0.319 e. The molecule has 6 nitrogen and oxygen atoms in total. The van der Waals surface area contributed by atoms with Gasteiger partial charge < -0.3 is 21.7 Å². The number of rotatable bonds is 7. The minimum atomic E-state index is -0.535. The van der Waals surface area contributed by atoms with Crippen LogP contribution in [0.25, 0.3) is 0 Å². The minimum Gasteiger partial charge on any atom is -0.334 e. The third kappa shape index (κ3) is 7.17. The zero-order chi connectivity index (χ0) is 16.5. The van der Waals surface area contributed by atoms with Crippen LogP contribution in [0.1, 0.15) is 20.3 Å². The summed E-state index contributed by atoms with van der Waals surface area (Å²) in [6, 6.07) is 5.99. The quantitative estimate of drug-likeness (QED) is 0.574. The first kappa shape index (κ1) is 20.9. The smallest absolute Gasteiger partial charge is 0.319 e. The molecule has 128 valence electrons. The molecule has 2 unspecified atom stereocenters. The minimum absolute atomic E-state index is 0. The average molecular weight is 341 g/mol. The van der Waals surface area contributed by atoms with Gasteiger partial charge in [-0.1, -0.05) is 26.3 Å². The molecule has 0 aromatic heterocycles. The van der Waals surface area contributed by atoms with Crippen LogP contribution in [0, 0.1) is 5.92 Å². The summed E-state index contributed by atoms with van der Waals surface area (Å²) in [5.74, 6) is -0.0896. The van der Waals surface area contributed by atoms with Crippen molar-refractivity contribution in [3.05, 3.63) is 36.9 Å². The highest BCUT2D eigenvalue weighted by Gasteiger charge is 2.19. The van der Waals surface area contributed by atoms with Crippen LogP contribution >= 0.6 is 12.4 Å². The summed E-state index contributed by atoms with van der Waals surface area (Å²) >= 11 is 0. The number of hydrogen-bond acceptors (Lipinski definition) is 3. The molecule has 0 aliphatic heterocycles. The van der Waals surface area contributed by atoms with Gasteiger partial charge in [0.15, 0.2) is 0 Å². The summed E-state index contributed by atoms with van der Waals surface area (Å²) in [5, 5.41) is 8.05. The highest BCUT2D eigenvalue weighted by molar-refractivity contribution is 5.95. The molecule has 0 radical (unpaired) electrons. The molecule has 1 rings (SSSR count). The van der Waals surface area contributed by atoms with Crippen LogP contribution in [0.15, 0.2) is 36.9 Å². The Morgan fingerprint density at radius 1 is 1.22 bits per heavy atom. The Morgan fingerprint density at radius 2 is 1.74 bits per heavy atom. The van der Waals surface area contributed by atoms with E-state index in [9.17, 15) is 9.59 Å². The van der Waals surface area contributed by atoms with Crippen molar-refractivity contribution in [1.29, 1.82) is 0 Å². The van der Waals surface area contributed by atoms with Gasteiger partial charge in [0.1, 0.15) is 0 Å². The molecule has 0 saturated carbocycles. The van der Waals surface area contributed by atoms with Crippen molar-refractivity contribution in [3.63, 3.8) is 0 Å². The van der Waals surface area contributed by atoms with Gasteiger partial charge in [-0.2, -0.15) is 0 Å². The fraction of sp³-hybridized carbons (Fsp3) is 0.375. The average Bonchev–Trinajstić information content (AvgIpc) is 2.53. The maximum absolute atomic E-state index is 12.0. The van der Waals surface area contributed by atoms with Crippen LogP contribution in [0.5, 0.6) is 0 Å². The number of benzene rings is 1. The summed E-state index contributed by atoms with van der Waals surface area (Å²) in [6.45, 7) is 7.85. The Hall–Kier alpha value is -2.05. The summed E-state index contributed by atoms with van der Waals surface area (Å²) in [7, 11) is 0. The van der Waals surface area contributed by atoms with E-state index in [1.807, 2.05) is 13.8 Å². The number of hydrogen-bond donors (Lipinski definition) is 4. The van der Waals surface area contributed by atoms with Gasteiger partial charge in [-0.15, -0.1) is 19.0 Å². The molecule has 2 atom stereocenters. The molecule has 0 saturated heterocycles. The van der Waals surface area contributed by atoms with Crippen LogP contribution < -0.4 is 21.7 Å². The molecular weight excluding hydrogens is 316 g/mol. The zero-order valence-corrected chi connectivity index (χ0v) is 14.3. The molecule has 0 aliphatic carbocycles. The monoisotopic (exact) mass is 340 g/mol. The van der Waals surface area contributed by atoms with Gasteiger partial charge in [0.05, 0.1) is 6.04 Å². The number of anilines is 2. The highest BCUT2D eigenvalue weighted by atomic mass is 35.5. The predicted molar refractivity (Wildman–Crippen MR) is 97.0 cm³/mol. The van der Waals surface area contributed by atoms with Crippen LogP contribution in [0.2, 0.25) is 0 Å². The van der Waals surface area contributed by atoms with Gasteiger partial charge in [-0.25, -0.2) is 4.79 Å². The van der Waals surface area contributed by atoms with Crippen molar-refractivity contribution in [2.24, 2.45) is 11.7 Å². The van der Waals surface area contributed by atoms with Crippen molar-refractivity contribution in [2.45, 2.75) is 26.3 Å². The second kappa shape index (κ2) is 10.6. The van der Waals surface area contributed by atoms with E-state index in [0.29, 0.717) is 17.9 Å². The SMILES string of the molecule is C=CCNC(=O)Nc1ccc(NC(=O)C(N)C(C)CC)cc1.Cl. The van der Waals surface area contributed by atoms with Gasteiger partial charge in [0, 0.05) is 17.9 Å². The molecule has 7 heteroatoms. The van der Waals surface area contributed by atoms with Gasteiger partial charge in [-0.3, -0.25) is 4.79 Å². The number of carbonyl (C=O) groups excluding carboxylic acids is 2. The summed E-state index contributed by atoms with van der Waals surface area (Å²) in [4.78, 5) is 23.4. The number of amides is 3.